The van der Waals surface area contributed by atoms with E-state index in [0.717, 1.165) is 10.2 Å². The monoisotopic (exact) mass is 359 g/mol. The average Bonchev–Trinajstić information content (AvgIpc) is 2.64. The van der Waals surface area contributed by atoms with Crippen molar-refractivity contribution in [2.75, 3.05) is 0 Å². The van der Waals surface area contributed by atoms with E-state index >= 15 is 0 Å². The molecule has 2 aromatic rings. The summed E-state index contributed by atoms with van der Waals surface area (Å²) in [5, 5.41) is 0.411. The van der Waals surface area contributed by atoms with Gasteiger partial charge in [-0.25, -0.2) is 18.6 Å². The number of para-hydroxylation sites is 1. The van der Waals surface area contributed by atoms with Crippen molar-refractivity contribution in [1.82, 2.24) is 0 Å². The molecule has 11 heteroatoms. The number of fused-ring (bicyclic) bond motifs is 1. The second-order valence-corrected chi connectivity index (χ2v) is 5.87. The van der Waals surface area contributed by atoms with Crippen molar-refractivity contribution in [3.8, 4) is 0 Å². The standard InChI is InChI=1S/C11H9F3NOS.ClHO4/c1-15-7-4-2-3-5-8(7)17-10(15)6-9(16)11(12,13)14;2-1(3,4)5/h2-5H,6H2,1H3;(H,2,3,4,5)/q+1;/p-1. The lowest BCUT2D eigenvalue weighted by Gasteiger charge is -2.17. The molecule has 6 nitrogen and oxygen atoms in total. The zero-order valence-corrected chi connectivity index (χ0v) is 12.5. The molecule has 0 aliphatic heterocycles. The Morgan fingerprint density at radius 2 is 1.73 bits per heavy atom. The van der Waals surface area contributed by atoms with Crippen LogP contribution in [0.1, 0.15) is 5.01 Å². The molecular weight excluding hydrogens is 351 g/mol. The van der Waals surface area contributed by atoms with Crippen molar-refractivity contribution in [3.05, 3.63) is 29.3 Å². The number of hydrogen-bond acceptors (Lipinski definition) is 6. The number of rotatable bonds is 2. The molecule has 0 radical (unpaired) electrons. The predicted octanol–water partition coefficient (Wildman–Crippen LogP) is -2.36. The lowest BCUT2D eigenvalue weighted by Crippen LogP contribution is -2.68. The summed E-state index contributed by atoms with van der Waals surface area (Å²) in [5.41, 5.74) is 0.836. The third kappa shape index (κ3) is 5.83. The number of aryl methyl sites for hydroxylation is 1. The summed E-state index contributed by atoms with van der Waals surface area (Å²) < 4.78 is 73.0. The Labute approximate surface area is 128 Å². The maximum atomic E-state index is 12.2. The van der Waals surface area contributed by atoms with Crippen LogP contribution in [0.5, 0.6) is 0 Å². The lowest BCUT2D eigenvalue weighted by atomic mass is 10.3. The van der Waals surface area contributed by atoms with Gasteiger partial charge in [0.15, 0.2) is 0 Å². The van der Waals surface area contributed by atoms with Gasteiger partial charge in [-0.1, -0.05) is 23.5 Å². The summed E-state index contributed by atoms with van der Waals surface area (Å²) in [4.78, 5) is 10.9. The summed E-state index contributed by atoms with van der Waals surface area (Å²) >= 11 is 1.21. The molecule has 0 bridgehead atoms. The fourth-order valence-electron chi connectivity index (χ4n) is 1.54. The van der Waals surface area contributed by atoms with Gasteiger partial charge in [0.05, 0.1) is 0 Å². The Bertz CT molecular complexity index is 662. The topological polar surface area (TPSA) is 113 Å². The van der Waals surface area contributed by atoms with E-state index in [0.29, 0.717) is 5.01 Å². The van der Waals surface area contributed by atoms with Crippen LogP contribution < -0.4 is 23.2 Å². The van der Waals surface area contributed by atoms with E-state index in [9.17, 15) is 18.0 Å². The van der Waals surface area contributed by atoms with Crippen molar-refractivity contribution in [1.29, 1.82) is 0 Å². The Morgan fingerprint density at radius 1 is 1.23 bits per heavy atom. The molecular formula is C11H9ClF3NO5S. The molecule has 122 valence electrons. The van der Waals surface area contributed by atoms with Crippen LogP contribution in [-0.4, -0.2) is 12.0 Å². The fourth-order valence-corrected chi connectivity index (χ4v) is 2.69. The third-order valence-electron chi connectivity index (χ3n) is 2.46. The Balaban J connectivity index is 0.000000422. The molecule has 0 saturated heterocycles. The first-order chi connectivity index (χ1) is 9.89. The molecule has 0 fully saturated rings. The lowest BCUT2D eigenvalue weighted by molar-refractivity contribution is -2.00. The fraction of sp³-hybridized carbons (Fsp3) is 0.273. The van der Waals surface area contributed by atoms with Crippen LogP contribution in [-0.2, 0) is 18.3 Å². The molecule has 0 aliphatic rings. The maximum Gasteiger partial charge on any atom is 0.450 e. The summed E-state index contributed by atoms with van der Waals surface area (Å²) in [6.07, 6.45) is -5.36. The van der Waals surface area contributed by atoms with E-state index in [4.69, 9.17) is 18.6 Å². The first-order valence-corrected chi connectivity index (χ1v) is 7.53. The number of carbonyl (C=O) groups excluding carboxylic acids is 1. The van der Waals surface area contributed by atoms with Crippen LogP contribution in [0.2, 0.25) is 0 Å². The van der Waals surface area contributed by atoms with Crippen molar-refractivity contribution >= 4 is 27.3 Å². The van der Waals surface area contributed by atoms with E-state index in [1.54, 1.807) is 11.6 Å². The van der Waals surface area contributed by atoms with E-state index in [1.165, 1.54) is 11.3 Å². The van der Waals surface area contributed by atoms with Crippen LogP contribution in [0.3, 0.4) is 0 Å². The van der Waals surface area contributed by atoms with Gasteiger partial charge in [0.1, 0.15) is 18.2 Å². The minimum atomic E-state index is -4.94. The number of benzene rings is 1. The van der Waals surface area contributed by atoms with E-state index < -0.39 is 28.6 Å². The third-order valence-corrected chi connectivity index (χ3v) is 3.68. The van der Waals surface area contributed by atoms with Gasteiger partial charge < -0.3 is 0 Å². The van der Waals surface area contributed by atoms with Gasteiger partial charge in [-0.15, -0.1) is 10.2 Å². The smallest absolute Gasteiger partial charge is 0.289 e. The number of halogens is 4. The molecule has 0 saturated carbocycles. The SMILES string of the molecule is C[n+]1c(CC(=O)C(F)(F)F)sc2ccccc21.[O-][Cl+3]([O-])([O-])[O-]. The van der Waals surface area contributed by atoms with Crippen molar-refractivity contribution in [2.45, 2.75) is 12.6 Å². The van der Waals surface area contributed by atoms with Crippen molar-refractivity contribution in [3.63, 3.8) is 0 Å². The summed E-state index contributed by atoms with van der Waals surface area (Å²) in [6, 6.07) is 7.26. The van der Waals surface area contributed by atoms with Crippen LogP contribution in [0.15, 0.2) is 24.3 Å². The maximum absolute atomic E-state index is 12.2. The molecule has 1 heterocycles. The summed E-state index contributed by atoms with van der Waals surface area (Å²) in [7, 11) is -3.28. The zero-order chi connectivity index (χ0) is 17.1. The highest BCUT2D eigenvalue weighted by Gasteiger charge is 2.40. The normalized spacial score (nSPS) is 12.0. The highest BCUT2D eigenvalue weighted by molar-refractivity contribution is 7.18. The molecule has 0 spiro atoms. The van der Waals surface area contributed by atoms with Crippen LogP contribution in [0.4, 0.5) is 13.2 Å². The number of ketones is 1. The summed E-state index contributed by atoms with van der Waals surface area (Å²) in [5.74, 6) is -1.71. The molecule has 0 aliphatic carbocycles. The number of alkyl halides is 3. The first kappa shape index (κ1) is 18.7. The minimum absolute atomic E-state index is 0.411. The van der Waals surface area contributed by atoms with Gasteiger partial charge in [-0.05, 0) is 6.07 Å². The molecule has 0 unspecified atom stereocenters. The van der Waals surface area contributed by atoms with Gasteiger partial charge in [-0.2, -0.15) is 17.7 Å². The van der Waals surface area contributed by atoms with E-state index in [1.807, 2.05) is 24.3 Å². The van der Waals surface area contributed by atoms with Crippen molar-refractivity contribution < 1.29 is 51.4 Å². The highest BCUT2D eigenvalue weighted by Crippen LogP contribution is 2.23. The molecule has 0 N–H and O–H groups in total. The Morgan fingerprint density at radius 3 is 2.18 bits per heavy atom. The van der Waals surface area contributed by atoms with E-state index in [-0.39, 0.29) is 0 Å². The number of hydrogen-bond donors (Lipinski definition) is 0. The predicted molar refractivity (Wildman–Crippen MR) is 57.8 cm³/mol. The molecule has 1 aromatic carbocycles. The van der Waals surface area contributed by atoms with Crippen LogP contribution in [0, 0.1) is 10.2 Å². The average molecular weight is 360 g/mol. The van der Waals surface area contributed by atoms with Gasteiger partial charge in [0.2, 0.25) is 16.3 Å². The van der Waals surface area contributed by atoms with Crippen LogP contribution in [0.25, 0.3) is 10.2 Å². The van der Waals surface area contributed by atoms with Gasteiger partial charge in [0, 0.05) is 6.07 Å². The second kappa shape index (κ2) is 6.86. The molecule has 0 amide bonds. The number of thiazole rings is 1. The van der Waals surface area contributed by atoms with Gasteiger partial charge in [0.25, 0.3) is 0 Å². The molecule has 1 aromatic heterocycles. The van der Waals surface area contributed by atoms with Gasteiger partial charge in [-0.3, -0.25) is 4.79 Å². The molecule has 2 rings (SSSR count). The number of nitrogens with zero attached hydrogens (tertiary/aromatic N) is 1. The zero-order valence-electron chi connectivity index (χ0n) is 10.9. The number of carbonyl (C=O) groups is 1. The van der Waals surface area contributed by atoms with E-state index in [2.05, 4.69) is 0 Å². The van der Waals surface area contributed by atoms with Crippen molar-refractivity contribution in [2.24, 2.45) is 7.05 Å². The van der Waals surface area contributed by atoms with Crippen LogP contribution >= 0.6 is 11.3 Å². The highest BCUT2D eigenvalue weighted by atomic mass is 35.7. The Kier molecular flexibility index (Phi) is 5.84. The Hall–Kier alpha value is -1.30. The summed E-state index contributed by atoms with van der Waals surface area (Å²) in [6.45, 7) is 0. The largest absolute Gasteiger partial charge is 0.450 e. The number of aromatic nitrogens is 1. The number of Topliss-reactive ketones (excluding diaryl/α,β-unsaturated/α-hetero) is 1. The minimum Gasteiger partial charge on any atom is -0.289 e. The molecule has 22 heavy (non-hydrogen) atoms. The quantitative estimate of drug-likeness (QED) is 0.557. The first-order valence-electron chi connectivity index (χ1n) is 5.48. The molecule has 0 atom stereocenters. The van der Waals surface area contributed by atoms with Gasteiger partial charge >= 0.3 is 6.18 Å². The second-order valence-electron chi connectivity index (χ2n) is 4.00.